The maximum atomic E-state index is 12.1. The predicted molar refractivity (Wildman–Crippen MR) is 70.4 cm³/mol. The molecule has 0 heterocycles. The lowest BCUT2D eigenvalue weighted by molar-refractivity contribution is 0.0922. The fraction of sp³-hybridized carbons (Fsp3) is 0.500. The minimum atomic E-state index is 0.0541. The fourth-order valence-electron chi connectivity index (χ4n) is 3.32. The Bertz CT molecular complexity index is 446. The van der Waals surface area contributed by atoms with E-state index in [1.54, 1.807) is 0 Å². The van der Waals surface area contributed by atoms with Gasteiger partial charge in [0.05, 0.1) is 0 Å². The second-order valence-electron chi connectivity index (χ2n) is 5.31. The van der Waals surface area contributed by atoms with Crippen LogP contribution in [0.15, 0.2) is 29.2 Å². The summed E-state index contributed by atoms with van der Waals surface area (Å²) in [5.41, 5.74) is 0.722. The van der Waals surface area contributed by atoms with Crippen molar-refractivity contribution >= 4 is 18.5 Å². The van der Waals surface area contributed by atoms with E-state index < -0.39 is 0 Å². The van der Waals surface area contributed by atoms with Gasteiger partial charge in [-0.25, -0.2) is 0 Å². The first kappa shape index (κ1) is 11.1. The summed E-state index contributed by atoms with van der Waals surface area (Å²) in [6.07, 6.45) is 5.15. The highest BCUT2D eigenvalue weighted by molar-refractivity contribution is 7.80. The summed E-state index contributed by atoms with van der Waals surface area (Å²) in [5.74, 6) is 1.64. The quantitative estimate of drug-likeness (QED) is 0.773. The molecule has 1 aromatic carbocycles. The van der Waals surface area contributed by atoms with Crippen LogP contribution in [0.3, 0.4) is 0 Å². The second kappa shape index (κ2) is 4.37. The molecule has 17 heavy (non-hydrogen) atoms. The molecule has 0 spiro atoms. The van der Waals surface area contributed by atoms with E-state index in [0.717, 1.165) is 22.3 Å². The Hall–Kier alpha value is -0.960. The summed E-state index contributed by atoms with van der Waals surface area (Å²) in [7, 11) is 0. The van der Waals surface area contributed by atoms with Gasteiger partial charge >= 0.3 is 0 Å². The third-order valence-electron chi connectivity index (χ3n) is 4.16. The zero-order valence-electron chi connectivity index (χ0n) is 9.73. The summed E-state index contributed by atoms with van der Waals surface area (Å²) in [4.78, 5) is 12.9. The molecule has 0 saturated heterocycles. The molecule has 0 radical (unpaired) electrons. The second-order valence-corrected chi connectivity index (χ2v) is 5.82. The van der Waals surface area contributed by atoms with Gasteiger partial charge in [-0.3, -0.25) is 4.79 Å². The molecule has 3 heteroatoms. The van der Waals surface area contributed by atoms with Gasteiger partial charge < -0.3 is 5.32 Å². The number of benzene rings is 1. The van der Waals surface area contributed by atoms with Crippen molar-refractivity contribution in [2.45, 2.75) is 36.6 Å². The predicted octanol–water partition coefficient (Wildman–Crippen LogP) is 2.89. The first-order valence-corrected chi connectivity index (χ1v) is 6.77. The largest absolute Gasteiger partial charge is 0.349 e. The van der Waals surface area contributed by atoms with Crippen LogP contribution in [0.5, 0.6) is 0 Å². The van der Waals surface area contributed by atoms with Gasteiger partial charge in [-0.15, -0.1) is 12.6 Å². The maximum absolute atomic E-state index is 12.1. The molecule has 2 bridgehead atoms. The average molecular weight is 247 g/mol. The lowest BCUT2D eigenvalue weighted by atomic mass is 9.95. The van der Waals surface area contributed by atoms with Crippen LogP contribution in [-0.4, -0.2) is 11.9 Å². The van der Waals surface area contributed by atoms with Crippen molar-refractivity contribution in [2.75, 3.05) is 0 Å². The van der Waals surface area contributed by atoms with E-state index in [2.05, 4.69) is 17.9 Å². The Morgan fingerprint density at radius 3 is 2.82 bits per heavy atom. The highest BCUT2D eigenvalue weighted by atomic mass is 32.1. The van der Waals surface area contributed by atoms with E-state index in [9.17, 15) is 4.79 Å². The number of fused-ring (bicyclic) bond motifs is 2. The molecular formula is C14H17NOS. The fourth-order valence-corrected chi connectivity index (χ4v) is 3.55. The van der Waals surface area contributed by atoms with Crippen molar-refractivity contribution < 1.29 is 4.79 Å². The van der Waals surface area contributed by atoms with Crippen LogP contribution in [0.4, 0.5) is 0 Å². The van der Waals surface area contributed by atoms with Crippen molar-refractivity contribution in [1.82, 2.24) is 5.32 Å². The monoisotopic (exact) mass is 247 g/mol. The van der Waals surface area contributed by atoms with Gasteiger partial charge in [0, 0.05) is 16.5 Å². The summed E-state index contributed by atoms with van der Waals surface area (Å²) in [5, 5.41) is 3.18. The summed E-state index contributed by atoms with van der Waals surface area (Å²) < 4.78 is 0. The molecule has 3 atom stereocenters. The minimum Gasteiger partial charge on any atom is -0.349 e. The molecule has 3 unspecified atom stereocenters. The van der Waals surface area contributed by atoms with Crippen LogP contribution >= 0.6 is 12.6 Å². The Kier molecular flexibility index (Phi) is 2.87. The van der Waals surface area contributed by atoms with E-state index in [1.807, 2.05) is 24.3 Å². The number of rotatable bonds is 2. The molecule has 1 aromatic rings. The van der Waals surface area contributed by atoms with Gasteiger partial charge in [0.2, 0.25) is 0 Å². The van der Waals surface area contributed by atoms with E-state index >= 15 is 0 Å². The van der Waals surface area contributed by atoms with E-state index in [0.29, 0.717) is 6.04 Å². The van der Waals surface area contributed by atoms with E-state index in [4.69, 9.17) is 0 Å². The molecule has 2 aliphatic carbocycles. The third kappa shape index (κ3) is 2.21. The van der Waals surface area contributed by atoms with E-state index in [1.165, 1.54) is 25.7 Å². The highest BCUT2D eigenvalue weighted by Crippen LogP contribution is 2.44. The number of hydrogen-bond donors (Lipinski definition) is 2. The summed E-state index contributed by atoms with van der Waals surface area (Å²) in [6.45, 7) is 0. The lowest BCUT2D eigenvalue weighted by Crippen LogP contribution is -2.38. The molecule has 1 N–H and O–H groups in total. The SMILES string of the molecule is O=C(NC1CC2CCC1C2)c1cccc(S)c1. The Labute approximate surface area is 107 Å². The van der Waals surface area contributed by atoms with Gasteiger partial charge in [-0.1, -0.05) is 12.5 Å². The maximum Gasteiger partial charge on any atom is 0.251 e. The third-order valence-corrected chi connectivity index (χ3v) is 4.44. The minimum absolute atomic E-state index is 0.0541. The van der Waals surface area contributed by atoms with Crippen molar-refractivity contribution in [3.05, 3.63) is 29.8 Å². The van der Waals surface area contributed by atoms with Crippen LogP contribution in [0, 0.1) is 11.8 Å². The van der Waals surface area contributed by atoms with Gasteiger partial charge in [0.1, 0.15) is 0 Å². The first-order chi connectivity index (χ1) is 8.22. The zero-order valence-corrected chi connectivity index (χ0v) is 10.6. The summed E-state index contributed by atoms with van der Waals surface area (Å²) in [6, 6.07) is 7.84. The van der Waals surface area contributed by atoms with Crippen LogP contribution < -0.4 is 5.32 Å². The van der Waals surface area contributed by atoms with Crippen molar-refractivity contribution in [1.29, 1.82) is 0 Å². The van der Waals surface area contributed by atoms with Gasteiger partial charge in [-0.2, -0.15) is 0 Å². The summed E-state index contributed by atoms with van der Waals surface area (Å²) >= 11 is 4.26. The molecule has 2 aliphatic rings. The standard InChI is InChI=1S/C14H17NOS/c16-14(11-2-1-3-12(17)8-11)15-13-7-9-4-5-10(13)6-9/h1-3,8-10,13,17H,4-7H2,(H,15,16). The number of amides is 1. The number of hydrogen-bond acceptors (Lipinski definition) is 2. The average Bonchev–Trinajstić information content (AvgIpc) is 2.91. The van der Waals surface area contributed by atoms with E-state index in [-0.39, 0.29) is 5.91 Å². The molecule has 0 aromatic heterocycles. The molecular weight excluding hydrogens is 230 g/mol. The van der Waals surface area contributed by atoms with Crippen LogP contribution in [0.2, 0.25) is 0 Å². The molecule has 0 aliphatic heterocycles. The smallest absolute Gasteiger partial charge is 0.251 e. The lowest BCUT2D eigenvalue weighted by Gasteiger charge is -2.22. The zero-order chi connectivity index (χ0) is 11.8. The van der Waals surface area contributed by atoms with Crippen molar-refractivity contribution in [3.63, 3.8) is 0 Å². The van der Waals surface area contributed by atoms with Crippen molar-refractivity contribution in [3.8, 4) is 0 Å². The van der Waals surface area contributed by atoms with Gasteiger partial charge in [0.25, 0.3) is 5.91 Å². The molecule has 90 valence electrons. The van der Waals surface area contributed by atoms with Crippen LogP contribution in [0.1, 0.15) is 36.0 Å². The van der Waals surface area contributed by atoms with Crippen molar-refractivity contribution in [2.24, 2.45) is 11.8 Å². The molecule has 2 nitrogen and oxygen atoms in total. The molecule has 2 fully saturated rings. The highest BCUT2D eigenvalue weighted by Gasteiger charge is 2.40. The Morgan fingerprint density at radius 2 is 2.18 bits per heavy atom. The number of carbonyl (C=O) groups is 1. The van der Waals surface area contributed by atoms with Gasteiger partial charge in [0.15, 0.2) is 0 Å². The molecule has 2 saturated carbocycles. The Morgan fingerprint density at radius 1 is 1.29 bits per heavy atom. The number of thiol groups is 1. The van der Waals surface area contributed by atoms with Crippen LogP contribution in [-0.2, 0) is 0 Å². The van der Waals surface area contributed by atoms with Gasteiger partial charge in [-0.05, 0) is 49.3 Å². The Balaban J connectivity index is 1.68. The first-order valence-electron chi connectivity index (χ1n) is 6.32. The topological polar surface area (TPSA) is 29.1 Å². The number of carbonyl (C=O) groups excluding carboxylic acids is 1. The molecule has 1 amide bonds. The number of nitrogens with one attached hydrogen (secondary N) is 1. The van der Waals surface area contributed by atoms with Crippen LogP contribution in [0.25, 0.3) is 0 Å². The molecule has 3 rings (SSSR count). The normalized spacial score (nSPS) is 30.5.